The Labute approximate surface area is 184 Å². The quantitative estimate of drug-likeness (QED) is 0.512. The molecule has 2 aliphatic rings. The predicted molar refractivity (Wildman–Crippen MR) is 114 cm³/mol. The maximum absolute atomic E-state index is 13.3. The van der Waals surface area contributed by atoms with E-state index in [4.69, 9.17) is 0 Å². The summed E-state index contributed by atoms with van der Waals surface area (Å²) in [5, 5.41) is 24.4. The third-order valence-corrected chi connectivity index (χ3v) is 5.85. The fourth-order valence-electron chi connectivity index (χ4n) is 4.26. The Kier molecular flexibility index (Phi) is 5.91. The summed E-state index contributed by atoms with van der Waals surface area (Å²) < 4.78 is 0. The van der Waals surface area contributed by atoms with Gasteiger partial charge >= 0.3 is 5.97 Å². The second-order valence-corrected chi connectivity index (χ2v) is 7.87. The van der Waals surface area contributed by atoms with Crippen molar-refractivity contribution < 1.29 is 29.4 Å². The normalized spacial score (nSPS) is 20.2. The van der Waals surface area contributed by atoms with Gasteiger partial charge in [-0.1, -0.05) is 36.4 Å². The van der Waals surface area contributed by atoms with E-state index in [2.05, 4.69) is 10.6 Å². The number of carbonyl (C=O) groups is 4. The van der Waals surface area contributed by atoms with E-state index in [1.165, 1.54) is 4.90 Å². The molecule has 4 N–H and O–H groups in total. The van der Waals surface area contributed by atoms with E-state index in [-0.39, 0.29) is 12.8 Å². The number of carboxylic acids is 1. The number of aliphatic hydroxyl groups is 1. The summed E-state index contributed by atoms with van der Waals surface area (Å²) in [5.41, 5.74) is 2.58. The molecule has 2 aromatic rings. The highest BCUT2D eigenvalue weighted by atomic mass is 16.4. The van der Waals surface area contributed by atoms with Gasteiger partial charge in [-0.15, -0.1) is 0 Å². The van der Waals surface area contributed by atoms with E-state index >= 15 is 0 Å². The van der Waals surface area contributed by atoms with E-state index in [1.807, 2.05) is 18.2 Å². The molecule has 2 heterocycles. The molecule has 32 heavy (non-hydrogen) atoms. The zero-order chi connectivity index (χ0) is 22.8. The van der Waals surface area contributed by atoms with Crippen LogP contribution in [0.25, 0.3) is 0 Å². The molecule has 2 aromatic carbocycles. The Hall–Kier alpha value is -3.72. The van der Waals surface area contributed by atoms with Crippen molar-refractivity contribution in [2.75, 3.05) is 11.5 Å². The van der Waals surface area contributed by atoms with Gasteiger partial charge in [0.05, 0.1) is 12.3 Å². The van der Waals surface area contributed by atoms with Crippen LogP contribution in [0.15, 0.2) is 48.5 Å². The van der Waals surface area contributed by atoms with E-state index in [0.29, 0.717) is 17.7 Å². The molecule has 0 spiro atoms. The maximum Gasteiger partial charge on any atom is 0.327 e. The van der Waals surface area contributed by atoms with Crippen molar-refractivity contribution in [1.29, 1.82) is 0 Å². The lowest BCUT2D eigenvalue weighted by Gasteiger charge is -2.27. The summed E-state index contributed by atoms with van der Waals surface area (Å²) in [6.45, 7) is -0.656. The van der Waals surface area contributed by atoms with E-state index in [0.717, 1.165) is 11.1 Å². The molecule has 0 saturated heterocycles. The third kappa shape index (κ3) is 3.94. The van der Waals surface area contributed by atoms with Crippen LogP contribution < -0.4 is 15.5 Å². The van der Waals surface area contributed by atoms with Crippen molar-refractivity contribution in [2.45, 2.75) is 37.4 Å². The van der Waals surface area contributed by atoms with E-state index < -0.39 is 48.4 Å². The summed E-state index contributed by atoms with van der Waals surface area (Å²) in [5.74, 6) is -2.88. The van der Waals surface area contributed by atoms with Crippen LogP contribution in [0, 0.1) is 0 Å². The molecular weight excluding hydrogens is 414 g/mol. The topological polar surface area (TPSA) is 136 Å². The first kappa shape index (κ1) is 21.5. The molecule has 3 atom stereocenters. The number of anilines is 1. The van der Waals surface area contributed by atoms with Crippen LogP contribution in [-0.4, -0.2) is 58.6 Å². The fraction of sp³-hybridized carbons (Fsp3) is 0.304. The third-order valence-electron chi connectivity index (χ3n) is 5.85. The second kappa shape index (κ2) is 8.80. The summed E-state index contributed by atoms with van der Waals surface area (Å²) in [6.07, 6.45) is 0.953. The smallest absolute Gasteiger partial charge is 0.327 e. The summed E-state index contributed by atoms with van der Waals surface area (Å²) in [6, 6.07) is 10.5. The number of carboxylic acid groups (broad SMARTS) is 1. The largest absolute Gasteiger partial charge is 0.480 e. The van der Waals surface area contributed by atoms with Gasteiger partial charge in [0.25, 0.3) is 5.91 Å². The number of aliphatic carboxylic acids is 1. The molecule has 2 aliphatic heterocycles. The van der Waals surface area contributed by atoms with Crippen LogP contribution in [0.3, 0.4) is 0 Å². The number of hydrogen-bond donors (Lipinski definition) is 4. The number of benzene rings is 2. The first-order valence-corrected chi connectivity index (χ1v) is 10.3. The highest BCUT2D eigenvalue weighted by Gasteiger charge is 2.44. The Bertz CT molecular complexity index is 1070. The number of aliphatic hydroxyl groups excluding tert-OH is 1. The van der Waals surface area contributed by atoms with E-state index in [9.17, 15) is 29.4 Å². The van der Waals surface area contributed by atoms with Gasteiger partial charge in [-0.3, -0.25) is 19.3 Å². The predicted octanol–water partition coefficient (Wildman–Crippen LogP) is 0.251. The number of nitrogens with one attached hydrogen (secondary N) is 2. The highest BCUT2D eigenvalue weighted by Crippen LogP contribution is 2.39. The van der Waals surface area contributed by atoms with Crippen LogP contribution in [-0.2, 0) is 27.2 Å². The van der Waals surface area contributed by atoms with Crippen molar-refractivity contribution in [2.24, 2.45) is 0 Å². The molecule has 0 aliphatic carbocycles. The molecule has 0 bridgehead atoms. The van der Waals surface area contributed by atoms with Crippen LogP contribution in [0.1, 0.15) is 27.9 Å². The van der Waals surface area contributed by atoms with Gasteiger partial charge in [-0.05, 0) is 36.1 Å². The van der Waals surface area contributed by atoms with Gasteiger partial charge in [0.1, 0.15) is 18.1 Å². The SMILES string of the molecule is O=C(N[C@@H](CO)C(=O)N[C@H]1CCc2cccc3c2N(C1=O)[C@H](C(=O)O)C3)c1ccccc1. The monoisotopic (exact) mass is 437 g/mol. The van der Waals surface area contributed by atoms with Crippen LogP contribution >= 0.6 is 0 Å². The second-order valence-electron chi connectivity index (χ2n) is 7.87. The molecule has 3 amide bonds. The number of para-hydroxylation sites is 1. The van der Waals surface area contributed by atoms with E-state index in [1.54, 1.807) is 30.3 Å². The molecule has 9 heteroatoms. The van der Waals surface area contributed by atoms with Crippen molar-refractivity contribution in [3.8, 4) is 0 Å². The zero-order valence-electron chi connectivity index (χ0n) is 17.2. The average Bonchev–Trinajstić information content (AvgIpc) is 3.14. The van der Waals surface area contributed by atoms with Crippen molar-refractivity contribution in [1.82, 2.24) is 10.6 Å². The number of hydrogen-bond acceptors (Lipinski definition) is 5. The number of nitrogens with zero attached hydrogens (tertiary/aromatic N) is 1. The van der Waals surface area contributed by atoms with Crippen molar-refractivity contribution >= 4 is 29.4 Å². The first-order chi connectivity index (χ1) is 15.4. The minimum Gasteiger partial charge on any atom is -0.480 e. The minimum absolute atomic E-state index is 0.206. The molecule has 9 nitrogen and oxygen atoms in total. The molecule has 0 unspecified atom stereocenters. The lowest BCUT2D eigenvalue weighted by Crippen LogP contribution is -2.56. The number of carbonyl (C=O) groups excluding carboxylic acids is 3. The molecule has 0 radical (unpaired) electrons. The average molecular weight is 437 g/mol. The molecule has 0 fully saturated rings. The Balaban J connectivity index is 1.52. The Morgan fingerprint density at radius 3 is 2.47 bits per heavy atom. The van der Waals surface area contributed by atoms with Gasteiger partial charge in [0.15, 0.2) is 0 Å². The van der Waals surface area contributed by atoms with Crippen LogP contribution in [0.5, 0.6) is 0 Å². The maximum atomic E-state index is 13.3. The number of amides is 3. The first-order valence-electron chi connectivity index (χ1n) is 10.3. The molecule has 166 valence electrons. The minimum atomic E-state index is -1.26. The fourth-order valence-corrected chi connectivity index (χ4v) is 4.26. The van der Waals surface area contributed by atoms with Gasteiger partial charge in [0, 0.05) is 12.0 Å². The number of aryl methyl sites for hydroxylation is 1. The molecule has 0 aromatic heterocycles. The molecular formula is C23H23N3O6. The molecule has 4 rings (SSSR count). The summed E-state index contributed by atoms with van der Waals surface area (Å²) in [7, 11) is 0. The summed E-state index contributed by atoms with van der Waals surface area (Å²) in [4.78, 5) is 51.5. The number of rotatable bonds is 6. The lowest BCUT2D eigenvalue weighted by atomic mass is 10.0. The summed E-state index contributed by atoms with van der Waals surface area (Å²) >= 11 is 0. The van der Waals surface area contributed by atoms with Crippen molar-refractivity contribution in [3.05, 3.63) is 65.2 Å². The van der Waals surface area contributed by atoms with Crippen molar-refractivity contribution in [3.63, 3.8) is 0 Å². The molecule has 0 saturated carbocycles. The van der Waals surface area contributed by atoms with Gasteiger partial charge in [-0.2, -0.15) is 0 Å². The van der Waals surface area contributed by atoms with Crippen LogP contribution in [0.2, 0.25) is 0 Å². The zero-order valence-corrected chi connectivity index (χ0v) is 17.2. The standard InChI is InChI=1S/C23H23N3O6/c27-12-17(25-20(28)14-5-2-1-3-6-14)21(29)24-16-10-9-13-7-4-8-15-11-18(23(31)32)26(19(13)15)22(16)30/h1-8,16-18,27H,9-12H2,(H,24,29)(H,25,28)(H,31,32)/t16-,17-,18-/m0/s1. The highest BCUT2D eigenvalue weighted by molar-refractivity contribution is 6.07. The van der Waals surface area contributed by atoms with Gasteiger partial charge in [-0.25, -0.2) is 4.79 Å². The van der Waals surface area contributed by atoms with Gasteiger partial charge in [0.2, 0.25) is 11.8 Å². The lowest BCUT2D eigenvalue weighted by molar-refractivity contribution is -0.140. The van der Waals surface area contributed by atoms with Gasteiger partial charge < -0.3 is 20.8 Å². The Morgan fingerprint density at radius 1 is 1.06 bits per heavy atom. The van der Waals surface area contributed by atoms with Crippen LogP contribution in [0.4, 0.5) is 5.69 Å². The Morgan fingerprint density at radius 2 is 1.78 bits per heavy atom.